The highest BCUT2D eigenvalue weighted by Gasteiger charge is 2.19. The third-order valence-electron chi connectivity index (χ3n) is 15.3. The average molecular weight is 1030 g/mol. The fourth-order valence-corrected chi connectivity index (χ4v) is 10.3. The number of carbonyl (C=O) groups excluding carboxylic acids is 3. The summed E-state index contributed by atoms with van der Waals surface area (Å²) in [5.74, 6) is -0.841. The maximum Gasteiger partial charge on any atom is 0.306 e. The summed E-state index contributed by atoms with van der Waals surface area (Å²) in [6.07, 6.45) is 73.6. The van der Waals surface area contributed by atoms with Gasteiger partial charge in [-0.15, -0.1) is 0 Å². The first-order valence-electron chi connectivity index (χ1n) is 33.2. The van der Waals surface area contributed by atoms with Crippen molar-refractivity contribution in [2.45, 2.75) is 386 Å². The Bertz CT molecular complexity index is 1130. The highest BCUT2D eigenvalue weighted by molar-refractivity contribution is 5.71. The van der Waals surface area contributed by atoms with E-state index in [4.69, 9.17) is 14.2 Å². The predicted octanol–water partition coefficient (Wildman–Crippen LogP) is 22.4. The molecule has 0 saturated heterocycles. The van der Waals surface area contributed by atoms with Crippen LogP contribution in [0.1, 0.15) is 380 Å². The minimum Gasteiger partial charge on any atom is -0.462 e. The first-order valence-corrected chi connectivity index (χ1v) is 33.2. The summed E-state index contributed by atoms with van der Waals surface area (Å²) in [7, 11) is 0. The van der Waals surface area contributed by atoms with Gasteiger partial charge >= 0.3 is 17.9 Å². The molecule has 0 aromatic rings. The van der Waals surface area contributed by atoms with Crippen LogP contribution in [-0.4, -0.2) is 37.2 Å². The van der Waals surface area contributed by atoms with Crippen LogP contribution in [0.3, 0.4) is 0 Å². The van der Waals surface area contributed by atoms with Crippen molar-refractivity contribution in [3.63, 3.8) is 0 Å². The van der Waals surface area contributed by atoms with Crippen molar-refractivity contribution >= 4 is 17.9 Å². The lowest BCUT2D eigenvalue weighted by atomic mass is 10.0. The van der Waals surface area contributed by atoms with E-state index >= 15 is 0 Å². The van der Waals surface area contributed by atoms with Gasteiger partial charge in [-0.25, -0.2) is 0 Å². The molecule has 0 bridgehead atoms. The van der Waals surface area contributed by atoms with Crippen LogP contribution in [0.15, 0.2) is 12.2 Å². The second-order valence-electron chi connectivity index (χ2n) is 22.7. The molecule has 0 amide bonds. The van der Waals surface area contributed by atoms with Gasteiger partial charge in [0, 0.05) is 19.3 Å². The van der Waals surface area contributed by atoms with E-state index in [1.807, 2.05) is 0 Å². The van der Waals surface area contributed by atoms with Crippen molar-refractivity contribution in [2.75, 3.05) is 13.2 Å². The topological polar surface area (TPSA) is 78.9 Å². The lowest BCUT2D eigenvalue weighted by Crippen LogP contribution is -2.30. The average Bonchev–Trinajstić information content (AvgIpc) is 3.39. The van der Waals surface area contributed by atoms with Gasteiger partial charge in [0.2, 0.25) is 0 Å². The molecular formula is C67H128O6. The molecule has 6 nitrogen and oxygen atoms in total. The zero-order valence-electron chi connectivity index (χ0n) is 49.7. The Hall–Kier alpha value is -1.85. The minimum absolute atomic E-state index is 0.0658. The van der Waals surface area contributed by atoms with E-state index < -0.39 is 6.10 Å². The number of carbonyl (C=O) groups is 3. The lowest BCUT2D eigenvalue weighted by Gasteiger charge is -2.18. The molecule has 0 aromatic heterocycles. The second-order valence-corrected chi connectivity index (χ2v) is 22.7. The van der Waals surface area contributed by atoms with E-state index in [0.717, 1.165) is 64.2 Å². The van der Waals surface area contributed by atoms with Gasteiger partial charge in [0.1, 0.15) is 13.2 Å². The number of hydrogen-bond donors (Lipinski definition) is 0. The molecule has 0 aliphatic carbocycles. The van der Waals surface area contributed by atoms with E-state index in [9.17, 15) is 14.4 Å². The molecule has 0 radical (unpaired) electrons. The predicted molar refractivity (Wildman–Crippen MR) is 317 cm³/mol. The van der Waals surface area contributed by atoms with Gasteiger partial charge in [0.15, 0.2) is 6.10 Å². The summed E-state index contributed by atoms with van der Waals surface area (Å²) in [4.78, 5) is 38.3. The SMILES string of the molecule is CCCCCCCC/C=C\CCCCCCCC(=O)OCC(COC(=O)CCCCCCCCCCCCCCCCCCCCCC)OC(=O)CCCCCCCCCCCCCCCCCCCCCC. The summed E-state index contributed by atoms with van der Waals surface area (Å²) in [5.41, 5.74) is 0. The van der Waals surface area contributed by atoms with Gasteiger partial charge in [0.05, 0.1) is 0 Å². The van der Waals surface area contributed by atoms with Gasteiger partial charge in [-0.3, -0.25) is 14.4 Å². The van der Waals surface area contributed by atoms with Crippen LogP contribution in [0.2, 0.25) is 0 Å². The van der Waals surface area contributed by atoms with Crippen molar-refractivity contribution in [1.82, 2.24) is 0 Å². The molecule has 1 atom stereocenters. The zero-order valence-corrected chi connectivity index (χ0v) is 49.7. The molecule has 0 saturated carbocycles. The zero-order chi connectivity index (χ0) is 52.9. The van der Waals surface area contributed by atoms with Crippen LogP contribution >= 0.6 is 0 Å². The summed E-state index contributed by atoms with van der Waals surface area (Å²) in [6.45, 7) is 6.71. The number of unbranched alkanes of at least 4 members (excludes halogenated alkanes) is 49. The Morgan fingerprint density at radius 1 is 0.260 bits per heavy atom. The fourth-order valence-electron chi connectivity index (χ4n) is 10.3. The summed E-state index contributed by atoms with van der Waals surface area (Å²) in [5, 5.41) is 0. The maximum atomic E-state index is 12.9. The van der Waals surface area contributed by atoms with Crippen molar-refractivity contribution in [1.29, 1.82) is 0 Å². The molecule has 0 aromatic carbocycles. The minimum atomic E-state index is -0.769. The van der Waals surface area contributed by atoms with Crippen LogP contribution in [0.4, 0.5) is 0 Å². The smallest absolute Gasteiger partial charge is 0.306 e. The lowest BCUT2D eigenvalue weighted by molar-refractivity contribution is -0.167. The Balaban J connectivity index is 4.28. The molecule has 1 unspecified atom stereocenters. The quantitative estimate of drug-likeness (QED) is 0.0261. The normalized spacial score (nSPS) is 12.0. The van der Waals surface area contributed by atoms with Crippen LogP contribution in [0.25, 0.3) is 0 Å². The number of allylic oxidation sites excluding steroid dienone is 2. The van der Waals surface area contributed by atoms with Crippen LogP contribution < -0.4 is 0 Å². The third kappa shape index (κ3) is 60.9. The highest BCUT2D eigenvalue weighted by atomic mass is 16.6. The maximum absolute atomic E-state index is 12.9. The van der Waals surface area contributed by atoms with E-state index in [1.165, 1.54) is 276 Å². The molecule has 0 fully saturated rings. The molecule has 6 heteroatoms. The van der Waals surface area contributed by atoms with Crippen molar-refractivity contribution < 1.29 is 28.6 Å². The number of rotatable bonds is 62. The van der Waals surface area contributed by atoms with E-state index in [0.29, 0.717) is 19.3 Å². The Labute approximate surface area is 456 Å². The number of esters is 3. The van der Waals surface area contributed by atoms with Crippen LogP contribution in [0, 0.1) is 0 Å². The highest BCUT2D eigenvalue weighted by Crippen LogP contribution is 2.18. The molecule has 73 heavy (non-hydrogen) atoms. The number of hydrogen-bond acceptors (Lipinski definition) is 6. The Kier molecular flexibility index (Phi) is 61.1. The Morgan fingerprint density at radius 3 is 0.685 bits per heavy atom. The summed E-state index contributed by atoms with van der Waals surface area (Å²) in [6, 6.07) is 0. The second kappa shape index (κ2) is 62.7. The van der Waals surface area contributed by atoms with E-state index in [-0.39, 0.29) is 31.1 Å². The van der Waals surface area contributed by atoms with Gasteiger partial charge in [-0.1, -0.05) is 328 Å². The van der Waals surface area contributed by atoms with Crippen LogP contribution in [-0.2, 0) is 28.6 Å². The van der Waals surface area contributed by atoms with Crippen molar-refractivity contribution in [3.8, 4) is 0 Å². The van der Waals surface area contributed by atoms with Gasteiger partial charge in [-0.05, 0) is 44.9 Å². The standard InChI is InChI=1S/C67H128O6/c1-4-7-10-13-16-19-22-25-28-30-32-34-36-39-42-45-48-51-54-57-60-66(69)72-63-64(62-71-65(68)59-56-53-50-47-44-41-38-27-24-21-18-15-12-9-6-3)73-67(70)61-58-55-52-49-46-43-40-37-35-33-31-29-26-23-20-17-14-11-8-5-2/h27,38,64H,4-26,28-37,39-63H2,1-3H3/b38-27-. The van der Waals surface area contributed by atoms with Crippen molar-refractivity contribution in [3.05, 3.63) is 12.2 Å². The van der Waals surface area contributed by atoms with Crippen LogP contribution in [0.5, 0.6) is 0 Å². The molecule has 432 valence electrons. The molecule has 0 rings (SSSR count). The molecule has 0 heterocycles. The molecule has 0 aliphatic rings. The van der Waals surface area contributed by atoms with E-state index in [1.54, 1.807) is 0 Å². The largest absolute Gasteiger partial charge is 0.462 e. The summed E-state index contributed by atoms with van der Waals surface area (Å²) >= 11 is 0. The van der Waals surface area contributed by atoms with Gasteiger partial charge < -0.3 is 14.2 Å². The monoisotopic (exact) mass is 1030 g/mol. The first kappa shape index (κ1) is 71.2. The summed E-state index contributed by atoms with van der Waals surface area (Å²) < 4.78 is 17.0. The van der Waals surface area contributed by atoms with Crippen molar-refractivity contribution in [2.24, 2.45) is 0 Å². The van der Waals surface area contributed by atoms with Gasteiger partial charge in [0.25, 0.3) is 0 Å². The molecule has 0 aliphatic heterocycles. The molecular weight excluding hydrogens is 901 g/mol. The number of ether oxygens (including phenoxy) is 3. The van der Waals surface area contributed by atoms with E-state index in [2.05, 4.69) is 32.9 Å². The molecule has 0 N–H and O–H groups in total. The Morgan fingerprint density at radius 2 is 0.452 bits per heavy atom. The molecule has 0 spiro atoms. The van der Waals surface area contributed by atoms with Gasteiger partial charge in [-0.2, -0.15) is 0 Å². The third-order valence-corrected chi connectivity index (χ3v) is 15.3. The fraction of sp³-hybridized carbons (Fsp3) is 0.925. The first-order chi connectivity index (χ1) is 36.0.